The molecule has 0 saturated carbocycles. The Morgan fingerprint density at radius 1 is 1.14 bits per heavy atom. The molecular formula is C21H21N5O2. The highest BCUT2D eigenvalue weighted by Gasteiger charge is 2.45. The van der Waals surface area contributed by atoms with Gasteiger partial charge in [0.2, 0.25) is 5.91 Å². The number of piperidine rings is 1. The zero-order chi connectivity index (χ0) is 19.3. The summed E-state index contributed by atoms with van der Waals surface area (Å²) >= 11 is 0. The van der Waals surface area contributed by atoms with Crippen LogP contribution in [0.4, 0.5) is 11.4 Å². The number of rotatable bonds is 1. The van der Waals surface area contributed by atoms with Crippen LogP contribution in [0.1, 0.15) is 28.9 Å². The smallest absolute Gasteiger partial charge is 0.274 e. The van der Waals surface area contributed by atoms with E-state index >= 15 is 0 Å². The summed E-state index contributed by atoms with van der Waals surface area (Å²) in [5.41, 5.74) is 3.37. The number of hydrogen-bond acceptors (Lipinski definition) is 4. The summed E-state index contributed by atoms with van der Waals surface area (Å²) in [7, 11) is 0. The van der Waals surface area contributed by atoms with Crippen molar-refractivity contribution < 1.29 is 9.59 Å². The maximum atomic E-state index is 12.9. The Balaban J connectivity index is 1.34. The summed E-state index contributed by atoms with van der Waals surface area (Å²) in [6, 6.07) is 11.6. The van der Waals surface area contributed by atoms with Gasteiger partial charge in [-0.3, -0.25) is 9.59 Å². The van der Waals surface area contributed by atoms with Gasteiger partial charge in [0.1, 0.15) is 16.9 Å². The lowest BCUT2D eigenvalue weighted by Crippen LogP contribution is -2.59. The van der Waals surface area contributed by atoms with Crippen LogP contribution in [0.3, 0.4) is 0 Å². The summed E-state index contributed by atoms with van der Waals surface area (Å²) in [5, 5.41) is 6.42. The highest BCUT2D eigenvalue weighted by atomic mass is 16.2. The highest BCUT2D eigenvalue weighted by molar-refractivity contribution is 6.06. The van der Waals surface area contributed by atoms with Crippen molar-refractivity contribution in [3.05, 3.63) is 60.0 Å². The molecule has 2 N–H and O–H groups in total. The third-order valence-corrected chi connectivity index (χ3v) is 5.72. The summed E-state index contributed by atoms with van der Waals surface area (Å²) in [4.78, 5) is 31.9. The molecule has 0 atom stereocenters. The van der Waals surface area contributed by atoms with E-state index in [-0.39, 0.29) is 11.8 Å². The fourth-order valence-electron chi connectivity index (χ4n) is 4.05. The average Bonchev–Trinajstić information content (AvgIpc) is 3.12. The number of likely N-dealkylation sites (tertiary alicyclic amines) is 1. The molecule has 1 saturated heterocycles. The van der Waals surface area contributed by atoms with Crippen LogP contribution in [0, 0.1) is 6.92 Å². The van der Waals surface area contributed by atoms with Gasteiger partial charge >= 0.3 is 0 Å². The number of imidazole rings is 1. The molecule has 4 heterocycles. The van der Waals surface area contributed by atoms with Crippen LogP contribution in [0.5, 0.6) is 0 Å². The Morgan fingerprint density at radius 3 is 2.68 bits per heavy atom. The van der Waals surface area contributed by atoms with Gasteiger partial charge in [-0.2, -0.15) is 0 Å². The van der Waals surface area contributed by atoms with Crippen LogP contribution < -0.4 is 10.6 Å². The van der Waals surface area contributed by atoms with Crippen LogP contribution in [0.15, 0.2) is 48.8 Å². The van der Waals surface area contributed by atoms with Gasteiger partial charge in [-0.15, -0.1) is 0 Å². The summed E-state index contributed by atoms with van der Waals surface area (Å²) in [6.07, 6.45) is 4.80. The third kappa shape index (κ3) is 2.62. The van der Waals surface area contributed by atoms with E-state index in [0.717, 1.165) is 22.6 Å². The molecule has 0 unspecified atom stereocenters. The van der Waals surface area contributed by atoms with E-state index in [1.807, 2.05) is 53.9 Å². The number of amides is 2. The van der Waals surface area contributed by atoms with Gasteiger partial charge in [0, 0.05) is 25.5 Å². The molecule has 0 radical (unpaired) electrons. The van der Waals surface area contributed by atoms with Crippen molar-refractivity contribution in [2.24, 2.45) is 0 Å². The Hall–Kier alpha value is -3.35. The fraction of sp³-hybridized carbons (Fsp3) is 0.286. The maximum absolute atomic E-state index is 12.9. The van der Waals surface area contributed by atoms with Crippen molar-refractivity contribution in [3.63, 3.8) is 0 Å². The largest absolute Gasteiger partial charge is 0.369 e. The van der Waals surface area contributed by atoms with Crippen LogP contribution in [0.25, 0.3) is 5.65 Å². The first kappa shape index (κ1) is 16.8. The normalized spacial score (nSPS) is 17.9. The minimum Gasteiger partial charge on any atom is -0.369 e. The molecule has 0 aliphatic carbocycles. The lowest BCUT2D eigenvalue weighted by molar-refractivity contribution is -0.122. The highest BCUT2D eigenvalue weighted by Crippen LogP contribution is 2.36. The number of carbonyl (C=O) groups excluding carboxylic acids is 2. The van der Waals surface area contributed by atoms with Gasteiger partial charge in [-0.05, 0) is 49.6 Å². The third-order valence-electron chi connectivity index (χ3n) is 5.72. The number of benzene rings is 1. The minimum absolute atomic E-state index is 0.0264. The average molecular weight is 375 g/mol. The van der Waals surface area contributed by atoms with E-state index in [1.54, 1.807) is 11.1 Å². The number of nitrogens with zero attached hydrogens (tertiary/aromatic N) is 3. The predicted octanol–water partition coefficient (Wildman–Crippen LogP) is 2.68. The maximum Gasteiger partial charge on any atom is 0.274 e. The molecular weight excluding hydrogens is 354 g/mol. The zero-order valence-corrected chi connectivity index (χ0v) is 15.6. The molecule has 7 nitrogen and oxygen atoms in total. The second kappa shape index (κ2) is 6.09. The topological polar surface area (TPSA) is 78.7 Å². The lowest BCUT2D eigenvalue weighted by Gasteiger charge is -2.44. The number of para-hydroxylation sites is 2. The Kier molecular flexibility index (Phi) is 3.65. The Labute approximate surface area is 162 Å². The monoisotopic (exact) mass is 375 g/mol. The molecule has 1 spiro atoms. The van der Waals surface area contributed by atoms with Crippen LogP contribution in [-0.2, 0) is 4.79 Å². The van der Waals surface area contributed by atoms with E-state index in [0.29, 0.717) is 31.6 Å². The van der Waals surface area contributed by atoms with Crippen molar-refractivity contribution in [2.75, 3.05) is 23.7 Å². The van der Waals surface area contributed by atoms with Crippen LogP contribution in [0.2, 0.25) is 0 Å². The number of carbonyl (C=O) groups is 2. The van der Waals surface area contributed by atoms with E-state index in [2.05, 4.69) is 15.6 Å². The zero-order valence-electron chi connectivity index (χ0n) is 15.6. The molecule has 142 valence electrons. The minimum atomic E-state index is -0.666. The molecule has 0 bridgehead atoms. The number of nitrogens with one attached hydrogen (secondary N) is 2. The number of aromatic nitrogens is 2. The van der Waals surface area contributed by atoms with Gasteiger partial charge in [-0.25, -0.2) is 4.98 Å². The molecule has 28 heavy (non-hydrogen) atoms. The predicted molar refractivity (Wildman–Crippen MR) is 106 cm³/mol. The molecule has 2 amide bonds. The SMILES string of the molecule is Cc1ccn2cc(C(=O)N3CCC4(CC3)Nc3ccccc3NC4=O)nc2c1. The van der Waals surface area contributed by atoms with E-state index in [4.69, 9.17) is 0 Å². The summed E-state index contributed by atoms with van der Waals surface area (Å²) in [5.74, 6) is -0.116. The van der Waals surface area contributed by atoms with Crippen molar-refractivity contribution >= 4 is 28.8 Å². The fourth-order valence-corrected chi connectivity index (χ4v) is 4.05. The molecule has 2 aliphatic heterocycles. The first-order valence-corrected chi connectivity index (χ1v) is 9.47. The summed E-state index contributed by atoms with van der Waals surface area (Å²) in [6.45, 7) is 3.02. The van der Waals surface area contributed by atoms with Crippen LogP contribution in [-0.4, -0.2) is 44.7 Å². The number of anilines is 2. The Morgan fingerprint density at radius 2 is 1.89 bits per heavy atom. The van der Waals surface area contributed by atoms with Crippen molar-refractivity contribution in [3.8, 4) is 0 Å². The molecule has 7 heteroatoms. The number of aryl methyl sites for hydroxylation is 1. The number of pyridine rings is 1. The quantitative estimate of drug-likeness (QED) is 0.685. The first-order chi connectivity index (χ1) is 13.5. The van der Waals surface area contributed by atoms with E-state index < -0.39 is 5.54 Å². The van der Waals surface area contributed by atoms with Gasteiger partial charge in [0.05, 0.1) is 11.4 Å². The Bertz CT molecular complexity index is 1100. The van der Waals surface area contributed by atoms with E-state index in [1.165, 1.54) is 0 Å². The van der Waals surface area contributed by atoms with E-state index in [9.17, 15) is 9.59 Å². The van der Waals surface area contributed by atoms with Gasteiger partial charge in [0.25, 0.3) is 5.91 Å². The van der Waals surface area contributed by atoms with Crippen LogP contribution >= 0.6 is 0 Å². The molecule has 3 aromatic rings. The second-order valence-corrected chi connectivity index (χ2v) is 7.59. The molecule has 1 fully saturated rings. The standard InChI is InChI=1S/C21H21N5O2/c1-14-6-9-26-13-17(22-18(26)12-14)19(27)25-10-7-21(8-11-25)20(28)23-15-4-2-3-5-16(15)24-21/h2-6,9,12-13,24H,7-8,10-11H2,1H3,(H,23,28). The molecule has 2 aliphatic rings. The van der Waals surface area contributed by atoms with Crippen molar-refractivity contribution in [2.45, 2.75) is 25.3 Å². The number of hydrogen-bond donors (Lipinski definition) is 2. The molecule has 1 aromatic carbocycles. The molecule has 2 aromatic heterocycles. The van der Waals surface area contributed by atoms with Gasteiger partial charge in [0.15, 0.2) is 0 Å². The van der Waals surface area contributed by atoms with Gasteiger partial charge < -0.3 is 19.9 Å². The lowest BCUT2D eigenvalue weighted by atomic mass is 9.84. The number of fused-ring (bicyclic) bond motifs is 2. The van der Waals surface area contributed by atoms with Crippen molar-refractivity contribution in [1.82, 2.24) is 14.3 Å². The van der Waals surface area contributed by atoms with Crippen molar-refractivity contribution in [1.29, 1.82) is 0 Å². The summed E-state index contributed by atoms with van der Waals surface area (Å²) < 4.78 is 1.86. The first-order valence-electron chi connectivity index (χ1n) is 9.47. The van der Waals surface area contributed by atoms with Gasteiger partial charge in [-0.1, -0.05) is 12.1 Å². The molecule has 5 rings (SSSR count). The second-order valence-electron chi connectivity index (χ2n) is 7.59.